The van der Waals surface area contributed by atoms with E-state index >= 15 is 0 Å². The lowest BCUT2D eigenvalue weighted by Gasteiger charge is -2.10. The average molecular weight is 381 g/mol. The Bertz CT molecular complexity index is 981. The third-order valence-electron chi connectivity index (χ3n) is 4.49. The molecule has 28 heavy (non-hydrogen) atoms. The lowest BCUT2D eigenvalue weighted by atomic mass is 10.1. The van der Waals surface area contributed by atoms with E-state index in [4.69, 9.17) is 9.47 Å². The first kappa shape index (κ1) is 19.3. The molecule has 0 saturated heterocycles. The number of nitrogens with one attached hydrogen (secondary N) is 3. The van der Waals surface area contributed by atoms with Crippen molar-refractivity contribution in [2.45, 2.75) is 19.3 Å². The number of amides is 2. The standard InChI is InChI=1S/C21H23N3O4/c1-27-18-11-10-14(12-19(18)28-2)21(26)24-23-20(25)9-5-6-15-13-22-17-8-4-3-7-16(15)17/h3-4,7-8,10-13,22H,5-6,9H2,1-2H3,(H,23,25)(H,24,26). The van der Waals surface area contributed by atoms with E-state index in [0.29, 0.717) is 29.9 Å². The fourth-order valence-corrected chi connectivity index (χ4v) is 3.02. The highest BCUT2D eigenvalue weighted by molar-refractivity contribution is 5.96. The second kappa shape index (κ2) is 8.94. The second-order valence-corrected chi connectivity index (χ2v) is 6.29. The number of carbonyl (C=O) groups excluding carboxylic acids is 2. The van der Waals surface area contributed by atoms with Crippen molar-refractivity contribution in [1.29, 1.82) is 0 Å². The number of aromatic amines is 1. The summed E-state index contributed by atoms with van der Waals surface area (Å²) in [7, 11) is 3.02. The number of rotatable bonds is 7. The molecule has 0 aliphatic rings. The van der Waals surface area contributed by atoms with Gasteiger partial charge in [-0.05, 0) is 42.7 Å². The Morgan fingerprint density at radius 1 is 1.00 bits per heavy atom. The molecule has 3 rings (SSSR count). The maximum atomic E-state index is 12.2. The Kier molecular flexibility index (Phi) is 6.16. The molecule has 0 fully saturated rings. The highest BCUT2D eigenvalue weighted by Gasteiger charge is 2.12. The summed E-state index contributed by atoms with van der Waals surface area (Å²) >= 11 is 0. The van der Waals surface area contributed by atoms with Gasteiger partial charge in [-0.25, -0.2) is 0 Å². The van der Waals surface area contributed by atoms with E-state index in [1.54, 1.807) is 18.2 Å². The molecule has 2 amide bonds. The maximum Gasteiger partial charge on any atom is 0.269 e. The second-order valence-electron chi connectivity index (χ2n) is 6.29. The lowest BCUT2D eigenvalue weighted by Crippen LogP contribution is -2.41. The minimum absolute atomic E-state index is 0.242. The summed E-state index contributed by atoms with van der Waals surface area (Å²) in [5.74, 6) is 0.306. The summed E-state index contributed by atoms with van der Waals surface area (Å²) in [5, 5.41) is 1.17. The number of aryl methyl sites for hydroxylation is 1. The zero-order valence-corrected chi connectivity index (χ0v) is 15.9. The molecule has 3 N–H and O–H groups in total. The number of hydrogen-bond donors (Lipinski definition) is 3. The predicted octanol–water partition coefficient (Wildman–Crippen LogP) is 2.97. The van der Waals surface area contributed by atoms with Gasteiger partial charge in [0.05, 0.1) is 14.2 Å². The Morgan fingerprint density at radius 3 is 2.57 bits per heavy atom. The first-order valence-corrected chi connectivity index (χ1v) is 8.98. The summed E-state index contributed by atoms with van der Waals surface area (Å²) in [6.07, 6.45) is 3.74. The zero-order chi connectivity index (χ0) is 19.9. The van der Waals surface area contributed by atoms with Crippen LogP contribution < -0.4 is 20.3 Å². The first-order valence-electron chi connectivity index (χ1n) is 8.98. The van der Waals surface area contributed by atoms with Gasteiger partial charge in [-0.1, -0.05) is 18.2 Å². The molecule has 0 aliphatic carbocycles. The predicted molar refractivity (Wildman–Crippen MR) is 106 cm³/mol. The van der Waals surface area contributed by atoms with Gasteiger partial charge in [-0.3, -0.25) is 20.4 Å². The Labute approximate surface area is 163 Å². The van der Waals surface area contributed by atoms with E-state index in [-0.39, 0.29) is 5.91 Å². The van der Waals surface area contributed by atoms with Crippen molar-refractivity contribution in [1.82, 2.24) is 15.8 Å². The molecule has 0 aliphatic heterocycles. The fraction of sp³-hybridized carbons (Fsp3) is 0.238. The average Bonchev–Trinajstić information content (AvgIpc) is 3.14. The molecule has 0 spiro atoms. The molecule has 1 heterocycles. The number of carbonyl (C=O) groups is 2. The first-order chi connectivity index (χ1) is 13.6. The van der Waals surface area contributed by atoms with Crippen LogP contribution in [0.1, 0.15) is 28.8 Å². The number of para-hydroxylation sites is 1. The van der Waals surface area contributed by atoms with Crippen LogP contribution in [-0.4, -0.2) is 31.0 Å². The van der Waals surface area contributed by atoms with Gasteiger partial charge in [-0.2, -0.15) is 0 Å². The topological polar surface area (TPSA) is 92.5 Å². The number of methoxy groups -OCH3 is 2. The molecule has 0 unspecified atom stereocenters. The van der Waals surface area contributed by atoms with Crippen LogP contribution in [0.3, 0.4) is 0 Å². The summed E-state index contributed by atoms with van der Waals surface area (Å²) in [5.41, 5.74) is 7.49. The molecule has 7 nitrogen and oxygen atoms in total. The summed E-state index contributed by atoms with van der Waals surface area (Å²) in [6.45, 7) is 0. The molecular weight excluding hydrogens is 358 g/mol. The molecule has 146 valence electrons. The van der Waals surface area contributed by atoms with E-state index in [0.717, 1.165) is 11.9 Å². The van der Waals surface area contributed by atoms with Gasteiger partial charge in [-0.15, -0.1) is 0 Å². The van der Waals surface area contributed by atoms with E-state index < -0.39 is 5.91 Å². The normalized spacial score (nSPS) is 10.5. The summed E-state index contributed by atoms with van der Waals surface area (Å²) in [6, 6.07) is 12.8. The Hall–Kier alpha value is -3.48. The van der Waals surface area contributed by atoms with E-state index in [2.05, 4.69) is 21.9 Å². The monoisotopic (exact) mass is 381 g/mol. The highest BCUT2D eigenvalue weighted by Crippen LogP contribution is 2.27. The van der Waals surface area contributed by atoms with E-state index in [1.165, 1.54) is 25.2 Å². The largest absolute Gasteiger partial charge is 0.493 e. The van der Waals surface area contributed by atoms with E-state index in [9.17, 15) is 9.59 Å². The Morgan fingerprint density at radius 2 is 1.79 bits per heavy atom. The van der Waals surface area contributed by atoms with Crippen molar-refractivity contribution in [2.24, 2.45) is 0 Å². The maximum absolute atomic E-state index is 12.2. The molecule has 0 bridgehead atoms. The molecule has 3 aromatic rings. The van der Waals surface area contributed by atoms with Crippen LogP contribution in [-0.2, 0) is 11.2 Å². The van der Waals surface area contributed by atoms with Crippen LogP contribution >= 0.6 is 0 Å². The number of ether oxygens (including phenoxy) is 2. The van der Waals surface area contributed by atoms with Crippen molar-refractivity contribution in [3.8, 4) is 11.5 Å². The van der Waals surface area contributed by atoms with Crippen LogP contribution in [0.25, 0.3) is 10.9 Å². The smallest absolute Gasteiger partial charge is 0.269 e. The van der Waals surface area contributed by atoms with Gasteiger partial charge in [0.1, 0.15) is 0 Å². The van der Waals surface area contributed by atoms with Crippen molar-refractivity contribution < 1.29 is 19.1 Å². The molecule has 2 aromatic carbocycles. The van der Waals surface area contributed by atoms with Gasteiger partial charge < -0.3 is 14.5 Å². The molecule has 0 saturated carbocycles. The van der Waals surface area contributed by atoms with Gasteiger partial charge in [0.15, 0.2) is 11.5 Å². The summed E-state index contributed by atoms with van der Waals surface area (Å²) in [4.78, 5) is 27.4. The number of hydrogen-bond acceptors (Lipinski definition) is 4. The van der Waals surface area contributed by atoms with Crippen molar-refractivity contribution in [3.05, 3.63) is 59.8 Å². The highest BCUT2D eigenvalue weighted by atomic mass is 16.5. The van der Waals surface area contributed by atoms with Crippen LogP contribution in [0.4, 0.5) is 0 Å². The fourth-order valence-electron chi connectivity index (χ4n) is 3.02. The number of aromatic nitrogens is 1. The number of benzene rings is 2. The third-order valence-corrected chi connectivity index (χ3v) is 4.49. The van der Waals surface area contributed by atoms with Gasteiger partial charge in [0, 0.05) is 29.1 Å². The third kappa shape index (κ3) is 4.43. The number of fused-ring (bicyclic) bond motifs is 1. The minimum atomic E-state index is -0.425. The van der Waals surface area contributed by atoms with Crippen molar-refractivity contribution in [3.63, 3.8) is 0 Å². The quantitative estimate of drug-likeness (QED) is 0.549. The Balaban J connectivity index is 1.47. The van der Waals surface area contributed by atoms with Gasteiger partial charge in [0.2, 0.25) is 5.91 Å². The molecule has 1 aromatic heterocycles. The summed E-state index contributed by atoms with van der Waals surface area (Å²) < 4.78 is 10.3. The van der Waals surface area contributed by atoms with Crippen molar-refractivity contribution >= 4 is 22.7 Å². The van der Waals surface area contributed by atoms with Gasteiger partial charge >= 0.3 is 0 Å². The molecule has 0 radical (unpaired) electrons. The van der Waals surface area contributed by atoms with Crippen LogP contribution in [0, 0.1) is 0 Å². The van der Waals surface area contributed by atoms with E-state index in [1.807, 2.05) is 24.4 Å². The van der Waals surface area contributed by atoms with Crippen LogP contribution in [0.15, 0.2) is 48.7 Å². The van der Waals surface area contributed by atoms with Crippen LogP contribution in [0.5, 0.6) is 11.5 Å². The molecule has 7 heteroatoms. The lowest BCUT2D eigenvalue weighted by molar-refractivity contribution is -0.121. The number of hydrazine groups is 1. The van der Waals surface area contributed by atoms with Crippen molar-refractivity contribution in [2.75, 3.05) is 14.2 Å². The van der Waals surface area contributed by atoms with Crippen LogP contribution in [0.2, 0.25) is 0 Å². The number of H-pyrrole nitrogens is 1. The SMILES string of the molecule is COc1ccc(C(=O)NNC(=O)CCCc2c[nH]c3ccccc23)cc1OC. The minimum Gasteiger partial charge on any atom is -0.493 e. The van der Waals surface area contributed by atoms with Gasteiger partial charge in [0.25, 0.3) is 5.91 Å². The zero-order valence-electron chi connectivity index (χ0n) is 15.9. The molecule has 0 atom stereocenters. The molecular formula is C21H23N3O4.